The molecule has 2 unspecified atom stereocenters. The molecule has 0 nitrogen and oxygen atoms in total. The lowest BCUT2D eigenvalue weighted by Gasteiger charge is -2.31. The average molecular weight is 203 g/mol. The molecule has 1 aliphatic carbocycles. The standard InChI is InChI=1S/C12H23Cl/c1-9-4-6-12(7-5-9)10(2)8-11(3)13/h9-12H,4-8H2,1-3H3. The van der Waals surface area contributed by atoms with Crippen molar-refractivity contribution in [3.8, 4) is 0 Å². The van der Waals surface area contributed by atoms with E-state index < -0.39 is 0 Å². The summed E-state index contributed by atoms with van der Waals surface area (Å²) < 4.78 is 0. The van der Waals surface area contributed by atoms with Gasteiger partial charge in [-0.25, -0.2) is 0 Å². The highest BCUT2D eigenvalue weighted by atomic mass is 35.5. The smallest absolute Gasteiger partial charge is 0.0310 e. The third-order valence-corrected chi connectivity index (χ3v) is 3.74. The zero-order chi connectivity index (χ0) is 9.84. The fourth-order valence-electron chi connectivity index (χ4n) is 2.56. The first-order chi connectivity index (χ1) is 6.09. The summed E-state index contributed by atoms with van der Waals surface area (Å²) in [6.07, 6.45) is 6.94. The van der Waals surface area contributed by atoms with Crippen LogP contribution in [0.4, 0.5) is 0 Å². The van der Waals surface area contributed by atoms with E-state index in [-0.39, 0.29) is 0 Å². The first kappa shape index (κ1) is 11.4. The van der Waals surface area contributed by atoms with Crippen molar-refractivity contribution in [3.63, 3.8) is 0 Å². The van der Waals surface area contributed by atoms with Crippen LogP contribution < -0.4 is 0 Å². The third kappa shape index (κ3) is 3.89. The summed E-state index contributed by atoms with van der Waals surface area (Å²) >= 11 is 6.02. The van der Waals surface area contributed by atoms with Crippen molar-refractivity contribution in [1.29, 1.82) is 0 Å². The van der Waals surface area contributed by atoms with E-state index in [9.17, 15) is 0 Å². The first-order valence-corrected chi connectivity index (χ1v) is 6.17. The maximum absolute atomic E-state index is 6.02. The van der Waals surface area contributed by atoms with Gasteiger partial charge >= 0.3 is 0 Å². The Bertz CT molecular complexity index is 134. The van der Waals surface area contributed by atoms with Gasteiger partial charge in [0.15, 0.2) is 0 Å². The number of hydrogen-bond donors (Lipinski definition) is 0. The van der Waals surface area contributed by atoms with Gasteiger partial charge in [0, 0.05) is 5.38 Å². The minimum absolute atomic E-state index is 0.356. The molecule has 1 aliphatic rings. The summed E-state index contributed by atoms with van der Waals surface area (Å²) in [5, 5.41) is 0.356. The number of rotatable bonds is 3. The molecule has 78 valence electrons. The minimum Gasteiger partial charge on any atom is -0.123 e. The van der Waals surface area contributed by atoms with Crippen molar-refractivity contribution in [1.82, 2.24) is 0 Å². The van der Waals surface area contributed by atoms with Crippen LogP contribution in [0.5, 0.6) is 0 Å². The third-order valence-electron chi connectivity index (χ3n) is 3.56. The summed E-state index contributed by atoms with van der Waals surface area (Å²) in [4.78, 5) is 0. The average Bonchev–Trinajstić information content (AvgIpc) is 2.04. The molecule has 1 saturated carbocycles. The molecule has 0 saturated heterocycles. The Labute approximate surface area is 88.1 Å². The molecule has 2 atom stereocenters. The first-order valence-electron chi connectivity index (χ1n) is 5.73. The Balaban J connectivity index is 2.27. The number of halogens is 1. The second-order valence-electron chi connectivity index (χ2n) is 5.01. The minimum atomic E-state index is 0.356. The Morgan fingerprint density at radius 1 is 1.15 bits per heavy atom. The summed E-state index contributed by atoms with van der Waals surface area (Å²) in [6.45, 7) is 6.87. The van der Waals surface area contributed by atoms with Crippen molar-refractivity contribution in [3.05, 3.63) is 0 Å². The van der Waals surface area contributed by atoms with Crippen LogP contribution in [0.3, 0.4) is 0 Å². The van der Waals surface area contributed by atoms with Gasteiger partial charge in [0.25, 0.3) is 0 Å². The molecule has 0 heterocycles. The topological polar surface area (TPSA) is 0 Å². The van der Waals surface area contributed by atoms with Gasteiger partial charge in [0.2, 0.25) is 0 Å². The van der Waals surface area contributed by atoms with Gasteiger partial charge in [-0.2, -0.15) is 0 Å². The van der Waals surface area contributed by atoms with Crippen LogP contribution in [0.1, 0.15) is 52.9 Å². The SMILES string of the molecule is CC(Cl)CC(C)C1CCC(C)CC1. The lowest BCUT2D eigenvalue weighted by atomic mass is 9.76. The quantitative estimate of drug-likeness (QED) is 0.593. The van der Waals surface area contributed by atoms with Crippen LogP contribution in [0.25, 0.3) is 0 Å². The summed E-state index contributed by atoms with van der Waals surface area (Å²) in [5.74, 6) is 2.76. The maximum atomic E-state index is 6.02. The second-order valence-corrected chi connectivity index (χ2v) is 5.76. The molecule has 0 aromatic rings. The molecular formula is C12H23Cl. The van der Waals surface area contributed by atoms with E-state index in [2.05, 4.69) is 20.8 Å². The van der Waals surface area contributed by atoms with E-state index in [1.54, 1.807) is 0 Å². The van der Waals surface area contributed by atoms with Gasteiger partial charge < -0.3 is 0 Å². The normalized spacial score (nSPS) is 34.2. The van der Waals surface area contributed by atoms with E-state index in [4.69, 9.17) is 11.6 Å². The molecule has 1 heteroatoms. The summed E-state index contributed by atoms with van der Waals surface area (Å²) in [6, 6.07) is 0. The van der Waals surface area contributed by atoms with E-state index in [1.165, 1.54) is 32.1 Å². The van der Waals surface area contributed by atoms with Crippen LogP contribution in [0.15, 0.2) is 0 Å². The van der Waals surface area contributed by atoms with E-state index in [0.29, 0.717) is 5.38 Å². The summed E-state index contributed by atoms with van der Waals surface area (Å²) in [7, 11) is 0. The Morgan fingerprint density at radius 3 is 2.15 bits per heavy atom. The van der Waals surface area contributed by atoms with Crippen LogP contribution in [-0.2, 0) is 0 Å². The number of hydrogen-bond acceptors (Lipinski definition) is 0. The van der Waals surface area contributed by atoms with Crippen LogP contribution in [0, 0.1) is 17.8 Å². The molecule has 0 amide bonds. The molecule has 0 radical (unpaired) electrons. The van der Waals surface area contributed by atoms with Crippen LogP contribution in [0.2, 0.25) is 0 Å². The predicted molar refractivity (Wildman–Crippen MR) is 60.2 cm³/mol. The lowest BCUT2D eigenvalue weighted by molar-refractivity contribution is 0.215. The molecule has 0 aromatic carbocycles. The molecule has 0 aliphatic heterocycles. The van der Waals surface area contributed by atoms with Gasteiger partial charge in [-0.3, -0.25) is 0 Å². The van der Waals surface area contributed by atoms with Crippen molar-refractivity contribution in [2.45, 2.75) is 58.3 Å². The van der Waals surface area contributed by atoms with Gasteiger partial charge in [-0.05, 0) is 43.9 Å². The maximum Gasteiger partial charge on any atom is 0.0310 e. The zero-order valence-corrected chi connectivity index (χ0v) is 9.98. The molecule has 0 bridgehead atoms. The number of alkyl halides is 1. The van der Waals surface area contributed by atoms with Gasteiger partial charge in [0.05, 0.1) is 0 Å². The summed E-state index contributed by atoms with van der Waals surface area (Å²) in [5.41, 5.74) is 0. The van der Waals surface area contributed by atoms with Crippen molar-refractivity contribution < 1.29 is 0 Å². The van der Waals surface area contributed by atoms with Crippen LogP contribution in [-0.4, -0.2) is 5.38 Å². The highest BCUT2D eigenvalue weighted by Crippen LogP contribution is 2.35. The largest absolute Gasteiger partial charge is 0.123 e. The van der Waals surface area contributed by atoms with E-state index in [1.807, 2.05) is 0 Å². The molecule has 1 fully saturated rings. The predicted octanol–water partition coefficient (Wildman–Crippen LogP) is 4.47. The highest BCUT2D eigenvalue weighted by molar-refractivity contribution is 6.20. The van der Waals surface area contributed by atoms with Crippen LogP contribution >= 0.6 is 11.6 Å². The second kappa shape index (κ2) is 5.24. The Morgan fingerprint density at radius 2 is 1.69 bits per heavy atom. The van der Waals surface area contributed by atoms with Gasteiger partial charge in [-0.15, -0.1) is 11.6 Å². The highest BCUT2D eigenvalue weighted by Gasteiger charge is 2.23. The molecule has 0 aromatic heterocycles. The fourth-order valence-corrected chi connectivity index (χ4v) is 2.84. The Kier molecular flexibility index (Phi) is 4.58. The van der Waals surface area contributed by atoms with Crippen molar-refractivity contribution in [2.24, 2.45) is 17.8 Å². The van der Waals surface area contributed by atoms with Gasteiger partial charge in [-0.1, -0.05) is 26.7 Å². The molecule has 1 rings (SSSR count). The van der Waals surface area contributed by atoms with Crippen molar-refractivity contribution >= 4 is 11.6 Å². The molecule has 0 spiro atoms. The monoisotopic (exact) mass is 202 g/mol. The molecule has 0 N–H and O–H groups in total. The molecule has 13 heavy (non-hydrogen) atoms. The zero-order valence-electron chi connectivity index (χ0n) is 9.22. The van der Waals surface area contributed by atoms with E-state index >= 15 is 0 Å². The van der Waals surface area contributed by atoms with E-state index in [0.717, 1.165) is 17.8 Å². The fraction of sp³-hybridized carbons (Fsp3) is 1.00. The van der Waals surface area contributed by atoms with Crippen molar-refractivity contribution in [2.75, 3.05) is 0 Å². The molecular weight excluding hydrogens is 180 g/mol. The Hall–Kier alpha value is 0.290. The lowest BCUT2D eigenvalue weighted by Crippen LogP contribution is -2.20. The van der Waals surface area contributed by atoms with Gasteiger partial charge in [0.1, 0.15) is 0 Å².